The summed E-state index contributed by atoms with van der Waals surface area (Å²) in [6.07, 6.45) is -1.03. The van der Waals surface area contributed by atoms with E-state index in [2.05, 4.69) is 5.32 Å². The summed E-state index contributed by atoms with van der Waals surface area (Å²) in [7, 11) is 0. The summed E-state index contributed by atoms with van der Waals surface area (Å²) >= 11 is 0. The highest BCUT2D eigenvalue weighted by Gasteiger charge is 2.45. The van der Waals surface area contributed by atoms with E-state index in [0.717, 1.165) is 54.6 Å². The molecule has 1 saturated carbocycles. The lowest BCUT2D eigenvalue weighted by Gasteiger charge is -2.38. The van der Waals surface area contributed by atoms with Gasteiger partial charge in [0.15, 0.2) is 0 Å². The van der Waals surface area contributed by atoms with Crippen LogP contribution in [-0.2, 0) is 16.4 Å². The van der Waals surface area contributed by atoms with Gasteiger partial charge in [-0.3, -0.25) is 4.79 Å². The van der Waals surface area contributed by atoms with Crippen molar-refractivity contribution in [1.82, 2.24) is 0 Å². The van der Waals surface area contributed by atoms with Gasteiger partial charge in [-0.25, -0.2) is 0 Å². The second-order valence-electron chi connectivity index (χ2n) is 8.76. The monoisotopic (exact) mass is 417 g/mol. The van der Waals surface area contributed by atoms with E-state index in [4.69, 9.17) is 4.74 Å². The fourth-order valence-electron chi connectivity index (χ4n) is 4.76. The zero-order chi connectivity index (χ0) is 21.5. The molecular weight excluding hydrogens is 391 g/mol. The van der Waals surface area contributed by atoms with Crippen LogP contribution < -0.4 is 10.1 Å². The first-order valence-corrected chi connectivity index (χ1v) is 10.4. The maximum Gasteiger partial charge on any atom is 0.416 e. The average molecular weight is 417 g/mol. The summed E-state index contributed by atoms with van der Waals surface area (Å²) in [4.78, 5) is 12.7. The summed E-state index contributed by atoms with van der Waals surface area (Å²) in [5, 5.41) is 2.99. The molecule has 1 aliphatic carbocycles. The van der Waals surface area contributed by atoms with Crippen LogP contribution in [0.25, 0.3) is 0 Å². The van der Waals surface area contributed by atoms with Gasteiger partial charge in [0.05, 0.1) is 12.2 Å². The molecule has 0 saturated heterocycles. The fourth-order valence-corrected chi connectivity index (χ4v) is 4.76. The third-order valence-corrected chi connectivity index (χ3v) is 6.81. The number of alkyl halides is 3. The van der Waals surface area contributed by atoms with Crippen molar-refractivity contribution >= 4 is 11.6 Å². The zero-order valence-electron chi connectivity index (χ0n) is 17.2. The van der Waals surface area contributed by atoms with Gasteiger partial charge in [-0.2, -0.15) is 13.2 Å². The highest BCUT2D eigenvalue weighted by molar-refractivity contribution is 5.92. The Labute approximate surface area is 174 Å². The Morgan fingerprint density at radius 1 is 1.13 bits per heavy atom. The average Bonchev–Trinajstić information content (AvgIpc) is 3.07. The minimum absolute atomic E-state index is 0.0118. The molecule has 6 heteroatoms. The molecule has 1 heterocycles. The van der Waals surface area contributed by atoms with E-state index >= 15 is 0 Å². The van der Waals surface area contributed by atoms with E-state index < -0.39 is 11.7 Å². The first kappa shape index (κ1) is 20.8. The summed E-state index contributed by atoms with van der Waals surface area (Å²) < 4.78 is 44.6. The molecule has 2 aromatic rings. The van der Waals surface area contributed by atoms with Crippen LogP contribution in [0.3, 0.4) is 0 Å². The topological polar surface area (TPSA) is 38.3 Å². The highest BCUT2D eigenvalue weighted by atomic mass is 19.4. The van der Waals surface area contributed by atoms with Crippen molar-refractivity contribution < 1.29 is 22.7 Å². The lowest BCUT2D eigenvalue weighted by atomic mass is 9.65. The first-order valence-electron chi connectivity index (χ1n) is 10.4. The van der Waals surface area contributed by atoms with Crippen molar-refractivity contribution in [2.45, 2.75) is 51.1 Å². The van der Waals surface area contributed by atoms with Gasteiger partial charge in [0, 0.05) is 22.6 Å². The first-order chi connectivity index (χ1) is 14.2. The Balaban J connectivity index is 1.41. The van der Waals surface area contributed by atoms with Crippen molar-refractivity contribution in [1.29, 1.82) is 0 Å². The number of ether oxygens (including phenoxy) is 1. The largest absolute Gasteiger partial charge is 0.492 e. The molecular formula is C24H26F3NO2. The quantitative estimate of drug-likeness (QED) is 0.654. The van der Waals surface area contributed by atoms with E-state index in [0.29, 0.717) is 12.4 Å². The Hall–Kier alpha value is -2.50. The molecule has 1 aliphatic heterocycles. The van der Waals surface area contributed by atoms with Crippen LogP contribution in [0.5, 0.6) is 5.75 Å². The third kappa shape index (κ3) is 3.92. The van der Waals surface area contributed by atoms with E-state index in [9.17, 15) is 18.0 Å². The number of anilines is 1. The van der Waals surface area contributed by atoms with Gasteiger partial charge in [-0.1, -0.05) is 30.7 Å². The van der Waals surface area contributed by atoms with Crippen molar-refractivity contribution in [3.05, 3.63) is 59.2 Å². The number of halogens is 3. The Morgan fingerprint density at radius 3 is 2.43 bits per heavy atom. The predicted molar refractivity (Wildman–Crippen MR) is 110 cm³/mol. The number of amides is 1. The van der Waals surface area contributed by atoms with Crippen molar-refractivity contribution in [3.8, 4) is 5.75 Å². The Morgan fingerprint density at radius 2 is 1.80 bits per heavy atom. The van der Waals surface area contributed by atoms with Crippen LogP contribution in [0, 0.1) is 18.8 Å². The minimum Gasteiger partial charge on any atom is -0.492 e. The van der Waals surface area contributed by atoms with Gasteiger partial charge in [-0.05, 0) is 62.8 Å². The van der Waals surface area contributed by atoms with Crippen LogP contribution >= 0.6 is 0 Å². The molecule has 1 atom stereocenters. The maximum absolute atomic E-state index is 13.0. The standard InChI is InChI=1S/C24H26F3NO2/c1-15-3-6-19(7-4-15)28-22(29)16(2)17-9-11-23(12-10-17)14-30-21-13-18(24(25,26)27)5-8-20(21)23/h3-8,13,16-17H,9-12,14H2,1-2H3,(H,28,29)/t16-,17-,23-/m0/s1. The van der Waals surface area contributed by atoms with Crippen LogP contribution in [0.15, 0.2) is 42.5 Å². The lowest BCUT2D eigenvalue weighted by molar-refractivity contribution is -0.137. The second kappa shape index (κ2) is 7.64. The molecule has 0 radical (unpaired) electrons. The normalized spacial score (nSPS) is 24.2. The summed E-state index contributed by atoms with van der Waals surface area (Å²) in [5.41, 5.74) is 1.91. The van der Waals surface area contributed by atoms with E-state index in [1.165, 1.54) is 0 Å². The number of rotatable bonds is 3. The van der Waals surface area contributed by atoms with E-state index in [1.54, 1.807) is 6.07 Å². The van der Waals surface area contributed by atoms with Gasteiger partial charge in [0.1, 0.15) is 5.75 Å². The highest BCUT2D eigenvalue weighted by Crippen LogP contribution is 2.51. The molecule has 0 aromatic heterocycles. The smallest absolute Gasteiger partial charge is 0.416 e. The van der Waals surface area contributed by atoms with Crippen LogP contribution in [0.4, 0.5) is 18.9 Å². The molecule has 4 rings (SSSR count). The molecule has 1 spiro atoms. The SMILES string of the molecule is Cc1ccc(NC(=O)[C@@H](C)[C@H]2CC[C@]3(CC2)COc2cc(C(F)(F)F)ccc23)cc1. The summed E-state index contributed by atoms with van der Waals surface area (Å²) in [6.45, 7) is 4.38. The van der Waals surface area contributed by atoms with Gasteiger partial charge in [0.2, 0.25) is 5.91 Å². The minimum atomic E-state index is -4.37. The van der Waals surface area contributed by atoms with Crippen LogP contribution in [0.1, 0.15) is 49.3 Å². The van der Waals surface area contributed by atoms with Crippen molar-refractivity contribution in [2.24, 2.45) is 11.8 Å². The Kier molecular flexibility index (Phi) is 5.28. The Bertz CT molecular complexity index is 928. The van der Waals surface area contributed by atoms with Crippen molar-refractivity contribution in [3.63, 3.8) is 0 Å². The predicted octanol–water partition coefficient (Wildman–Crippen LogP) is 6.11. The number of aryl methyl sites for hydroxylation is 1. The molecule has 0 unspecified atom stereocenters. The van der Waals surface area contributed by atoms with Crippen molar-refractivity contribution in [2.75, 3.05) is 11.9 Å². The van der Waals surface area contributed by atoms with Crippen LogP contribution in [0.2, 0.25) is 0 Å². The van der Waals surface area contributed by atoms with E-state index in [-0.39, 0.29) is 23.2 Å². The number of benzene rings is 2. The number of hydrogen-bond donors (Lipinski definition) is 1. The molecule has 2 aromatic carbocycles. The maximum atomic E-state index is 13.0. The van der Waals surface area contributed by atoms with Crippen LogP contribution in [-0.4, -0.2) is 12.5 Å². The van der Waals surface area contributed by atoms with Gasteiger partial charge in [-0.15, -0.1) is 0 Å². The molecule has 1 N–H and O–H groups in total. The molecule has 1 amide bonds. The summed E-state index contributed by atoms with van der Waals surface area (Å²) in [5.74, 6) is 0.490. The number of carbonyl (C=O) groups is 1. The number of carbonyl (C=O) groups excluding carboxylic acids is 1. The molecule has 160 valence electrons. The third-order valence-electron chi connectivity index (χ3n) is 6.81. The summed E-state index contributed by atoms with van der Waals surface area (Å²) in [6, 6.07) is 11.6. The lowest BCUT2D eigenvalue weighted by Crippen LogP contribution is -2.37. The number of fused-ring (bicyclic) bond motifs is 2. The molecule has 2 aliphatic rings. The zero-order valence-corrected chi connectivity index (χ0v) is 17.2. The second-order valence-corrected chi connectivity index (χ2v) is 8.76. The van der Waals surface area contributed by atoms with E-state index in [1.807, 2.05) is 38.1 Å². The molecule has 0 bridgehead atoms. The number of nitrogens with one attached hydrogen (secondary N) is 1. The molecule has 1 fully saturated rings. The van der Waals surface area contributed by atoms with Gasteiger partial charge in [0.25, 0.3) is 0 Å². The van der Waals surface area contributed by atoms with Gasteiger partial charge >= 0.3 is 6.18 Å². The fraction of sp³-hybridized carbons (Fsp3) is 0.458. The van der Waals surface area contributed by atoms with Gasteiger partial charge < -0.3 is 10.1 Å². The molecule has 30 heavy (non-hydrogen) atoms. The number of hydrogen-bond acceptors (Lipinski definition) is 2. The molecule has 3 nitrogen and oxygen atoms in total.